The molecule has 0 aromatic heterocycles. The first-order chi connectivity index (χ1) is 20.0. The first-order valence-electron chi connectivity index (χ1n) is 14.4. The van der Waals surface area contributed by atoms with Gasteiger partial charge in [-0.25, -0.2) is 0 Å². The highest BCUT2D eigenvalue weighted by Crippen LogP contribution is 2.49. The number of hydrogen-bond donors (Lipinski definition) is 0. The van der Waals surface area contributed by atoms with Crippen LogP contribution >= 0.6 is 0 Å². The molecule has 0 bridgehead atoms. The van der Waals surface area contributed by atoms with Gasteiger partial charge in [0.25, 0.3) is 0 Å². The summed E-state index contributed by atoms with van der Waals surface area (Å²) in [6, 6.07) is 36.1. The summed E-state index contributed by atoms with van der Waals surface area (Å²) in [5.74, 6) is 1.61. The molecule has 1 nitrogen and oxygen atoms in total. The largest absolute Gasteiger partial charge is 0.456 e. The van der Waals surface area contributed by atoms with Gasteiger partial charge in [0, 0.05) is 10.9 Å². The Balaban J connectivity index is 1.51. The van der Waals surface area contributed by atoms with Crippen molar-refractivity contribution in [2.45, 2.75) is 0 Å². The number of benzene rings is 7. The van der Waals surface area contributed by atoms with Crippen molar-refractivity contribution in [2.24, 2.45) is 0 Å². The van der Waals surface area contributed by atoms with E-state index in [-0.39, 0.29) is 24.2 Å². The zero-order valence-electron chi connectivity index (χ0n) is 23.8. The molecule has 172 valence electrons. The average Bonchev–Trinajstić information content (AvgIpc) is 2.98. The minimum atomic E-state index is 0.139. The quantitative estimate of drug-likeness (QED) is 0.226. The molecule has 1 aliphatic rings. The van der Waals surface area contributed by atoms with E-state index in [1.54, 1.807) is 24.3 Å². The topological polar surface area (TPSA) is 9.23 Å². The molecule has 7 aromatic rings. The van der Waals surface area contributed by atoms with Crippen LogP contribution in [0, 0.1) is 0 Å². The minimum absolute atomic E-state index is 0.139. The summed E-state index contributed by atoms with van der Waals surface area (Å²) < 4.78 is 40.5. The van der Waals surface area contributed by atoms with Gasteiger partial charge in [-0.15, -0.1) is 0 Å². The zero-order valence-corrected chi connectivity index (χ0v) is 19.8. The second kappa shape index (κ2) is 7.81. The Morgan fingerprint density at radius 2 is 1.08 bits per heavy atom. The second-order valence-corrected chi connectivity index (χ2v) is 9.40. The van der Waals surface area contributed by atoms with Crippen LogP contribution in [0.5, 0.6) is 11.5 Å². The normalized spacial score (nSPS) is 13.5. The van der Waals surface area contributed by atoms with Crippen molar-refractivity contribution < 1.29 is 10.2 Å². The summed E-state index contributed by atoms with van der Waals surface area (Å²) in [5.41, 5.74) is 5.75. The van der Waals surface area contributed by atoms with E-state index in [1.807, 2.05) is 54.6 Å². The standard InChI is InChI=1S/C36H22O/c1-2-10-23(11-3-1)34-26-14-4-6-16-28(26)35(29-17-7-5-15-27(29)34)25-20-21-32-31(22-25)30-18-8-12-24-13-9-19-33(37-32)36(24)30/h1-22H/i4D,5D,6D,7D. The van der Waals surface area contributed by atoms with Crippen LogP contribution in [-0.2, 0) is 0 Å². The lowest BCUT2D eigenvalue weighted by atomic mass is 9.85. The van der Waals surface area contributed by atoms with Gasteiger partial charge in [0.2, 0.25) is 0 Å². The van der Waals surface area contributed by atoms with Gasteiger partial charge in [0.15, 0.2) is 0 Å². The third-order valence-electron chi connectivity index (χ3n) is 7.40. The zero-order chi connectivity index (χ0) is 27.8. The molecule has 0 saturated carbocycles. The van der Waals surface area contributed by atoms with Gasteiger partial charge in [-0.3, -0.25) is 0 Å². The summed E-state index contributed by atoms with van der Waals surface area (Å²) in [7, 11) is 0. The summed E-state index contributed by atoms with van der Waals surface area (Å²) in [5, 5.41) is 5.56. The summed E-state index contributed by atoms with van der Waals surface area (Å²) in [6.07, 6.45) is 0. The first-order valence-corrected chi connectivity index (χ1v) is 12.4. The SMILES string of the molecule is [2H]c1cc2c(-c3ccccc3)c3cc([2H])c([2H])cc3c(-c3ccc4c(c3)-c3cccc5cccc(c35)O4)c2cc1[2H]. The van der Waals surface area contributed by atoms with Gasteiger partial charge >= 0.3 is 0 Å². The average molecular weight is 475 g/mol. The van der Waals surface area contributed by atoms with E-state index in [0.29, 0.717) is 0 Å². The van der Waals surface area contributed by atoms with Crippen molar-refractivity contribution >= 4 is 32.3 Å². The van der Waals surface area contributed by atoms with Gasteiger partial charge in [0.05, 0.1) is 5.48 Å². The Morgan fingerprint density at radius 3 is 1.76 bits per heavy atom. The van der Waals surface area contributed by atoms with Gasteiger partial charge in [-0.05, 0) is 72.9 Å². The number of hydrogen-bond acceptors (Lipinski definition) is 1. The van der Waals surface area contributed by atoms with E-state index in [0.717, 1.165) is 77.2 Å². The van der Waals surface area contributed by atoms with E-state index in [4.69, 9.17) is 10.2 Å². The van der Waals surface area contributed by atoms with Gasteiger partial charge in [-0.1, -0.05) is 115 Å². The molecule has 0 spiro atoms. The van der Waals surface area contributed by atoms with Gasteiger partial charge in [-0.2, -0.15) is 0 Å². The molecule has 1 aliphatic heterocycles. The fourth-order valence-corrected chi connectivity index (χ4v) is 5.83. The smallest absolute Gasteiger partial charge is 0.135 e. The molecular formula is C36H22O. The Morgan fingerprint density at radius 1 is 0.459 bits per heavy atom. The van der Waals surface area contributed by atoms with Crippen molar-refractivity contribution in [3.05, 3.63) is 133 Å². The van der Waals surface area contributed by atoms with Crippen LogP contribution in [0.25, 0.3) is 65.7 Å². The second-order valence-electron chi connectivity index (χ2n) is 9.40. The number of ether oxygens (including phenoxy) is 1. The number of fused-ring (bicyclic) bond motifs is 4. The molecule has 0 saturated heterocycles. The summed E-state index contributed by atoms with van der Waals surface area (Å²) >= 11 is 0. The van der Waals surface area contributed by atoms with Crippen LogP contribution in [0.1, 0.15) is 5.48 Å². The first kappa shape index (κ1) is 16.7. The lowest BCUT2D eigenvalue weighted by Crippen LogP contribution is -1.97. The van der Waals surface area contributed by atoms with Crippen LogP contribution in [0.2, 0.25) is 0 Å². The van der Waals surface area contributed by atoms with Crippen LogP contribution in [0.15, 0.2) is 133 Å². The summed E-state index contributed by atoms with van der Waals surface area (Å²) in [6.45, 7) is 0. The Labute approximate surface area is 220 Å². The highest BCUT2D eigenvalue weighted by Gasteiger charge is 2.22. The molecule has 0 N–H and O–H groups in total. The third-order valence-corrected chi connectivity index (χ3v) is 7.40. The molecule has 0 radical (unpaired) electrons. The molecule has 0 atom stereocenters. The fraction of sp³-hybridized carbons (Fsp3) is 0. The van der Waals surface area contributed by atoms with Crippen molar-refractivity contribution in [3.8, 4) is 44.9 Å². The predicted octanol–water partition coefficient (Wildman–Crippen LogP) is 10.3. The molecule has 0 aliphatic carbocycles. The highest BCUT2D eigenvalue weighted by atomic mass is 16.5. The molecule has 1 heteroatoms. The molecule has 1 heterocycles. The van der Waals surface area contributed by atoms with E-state index in [1.165, 1.54) is 0 Å². The third kappa shape index (κ3) is 2.98. The Bertz CT molecular complexity index is 2150. The van der Waals surface area contributed by atoms with Crippen LogP contribution in [0.4, 0.5) is 0 Å². The maximum Gasteiger partial charge on any atom is 0.135 e. The monoisotopic (exact) mass is 474 g/mol. The molecule has 0 unspecified atom stereocenters. The fourth-order valence-electron chi connectivity index (χ4n) is 5.83. The van der Waals surface area contributed by atoms with Gasteiger partial charge < -0.3 is 4.74 Å². The number of rotatable bonds is 2. The van der Waals surface area contributed by atoms with E-state index in [9.17, 15) is 0 Å². The maximum atomic E-state index is 8.55. The van der Waals surface area contributed by atoms with E-state index in [2.05, 4.69) is 30.3 Å². The van der Waals surface area contributed by atoms with Crippen molar-refractivity contribution in [1.82, 2.24) is 0 Å². The predicted molar refractivity (Wildman–Crippen MR) is 155 cm³/mol. The van der Waals surface area contributed by atoms with Crippen LogP contribution in [-0.4, -0.2) is 0 Å². The van der Waals surface area contributed by atoms with Crippen molar-refractivity contribution in [1.29, 1.82) is 0 Å². The molecule has 0 fully saturated rings. The Hall–Kier alpha value is -4.88. The van der Waals surface area contributed by atoms with E-state index >= 15 is 0 Å². The Kier molecular flexibility index (Phi) is 3.53. The van der Waals surface area contributed by atoms with Crippen molar-refractivity contribution in [2.75, 3.05) is 0 Å². The van der Waals surface area contributed by atoms with Crippen molar-refractivity contribution in [3.63, 3.8) is 0 Å². The van der Waals surface area contributed by atoms with Crippen LogP contribution in [0.3, 0.4) is 0 Å². The maximum absolute atomic E-state index is 8.55. The van der Waals surface area contributed by atoms with Gasteiger partial charge in [0.1, 0.15) is 11.5 Å². The van der Waals surface area contributed by atoms with E-state index < -0.39 is 0 Å². The molecule has 0 amide bonds. The van der Waals surface area contributed by atoms with Crippen LogP contribution < -0.4 is 4.74 Å². The lowest BCUT2D eigenvalue weighted by Gasteiger charge is -2.23. The molecule has 8 rings (SSSR count). The molecular weight excluding hydrogens is 448 g/mol. The molecule has 7 aromatic carbocycles. The minimum Gasteiger partial charge on any atom is -0.456 e. The highest BCUT2D eigenvalue weighted by molar-refractivity contribution is 6.21. The molecule has 37 heavy (non-hydrogen) atoms. The summed E-state index contributed by atoms with van der Waals surface area (Å²) in [4.78, 5) is 0. The lowest BCUT2D eigenvalue weighted by molar-refractivity contribution is 0.487.